The van der Waals surface area contributed by atoms with Crippen molar-refractivity contribution in [3.05, 3.63) is 22.7 Å². The molecule has 0 spiro atoms. The summed E-state index contributed by atoms with van der Waals surface area (Å²) < 4.78 is 27.6. The van der Waals surface area contributed by atoms with Crippen LogP contribution >= 0.6 is 15.9 Å². The van der Waals surface area contributed by atoms with Crippen molar-refractivity contribution in [1.82, 2.24) is 9.21 Å². The fourth-order valence-corrected chi connectivity index (χ4v) is 5.20. The van der Waals surface area contributed by atoms with Gasteiger partial charge in [-0.3, -0.25) is 4.90 Å². The van der Waals surface area contributed by atoms with Crippen molar-refractivity contribution in [3.8, 4) is 0 Å². The molecule has 0 radical (unpaired) electrons. The zero-order valence-electron chi connectivity index (χ0n) is 11.8. The first-order valence-electron chi connectivity index (χ1n) is 7.28. The van der Waals surface area contributed by atoms with Gasteiger partial charge in [-0.15, -0.1) is 0 Å². The van der Waals surface area contributed by atoms with Crippen molar-refractivity contribution in [2.24, 2.45) is 0 Å². The summed E-state index contributed by atoms with van der Waals surface area (Å²) in [7, 11) is -3.42. The Balaban J connectivity index is 1.77. The van der Waals surface area contributed by atoms with Gasteiger partial charge >= 0.3 is 0 Å². The van der Waals surface area contributed by atoms with Crippen molar-refractivity contribution in [1.29, 1.82) is 0 Å². The van der Waals surface area contributed by atoms with Crippen molar-refractivity contribution in [3.63, 3.8) is 0 Å². The second-order valence-corrected chi connectivity index (χ2v) is 8.52. The molecule has 2 N–H and O–H groups in total. The van der Waals surface area contributed by atoms with Crippen molar-refractivity contribution < 1.29 is 8.42 Å². The molecule has 2 saturated heterocycles. The zero-order valence-corrected chi connectivity index (χ0v) is 14.2. The molecule has 2 aliphatic rings. The van der Waals surface area contributed by atoms with Gasteiger partial charge in [0.25, 0.3) is 0 Å². The molecule has 2 fully saturated rings. The third-order valence-corrected chi connectivity index (χ3v) is 6.94. The predicted molar refractivity (Wildman–Crippen MR) is 86.5 cm³/mol. The summed E-state index contributed by atoms with van der Waals surface area (Å²) in [4.78, 5) is 2.74. The van der Waals surface area contributed by atoms with Crippen molar-refractivity contribution in [2.75, 3.05) is 31.9 Å². The van der Waals surface area contributed by atoms with Crippen LogP contribution in [-0.4, -0.2) is 49.8 Å². The number of likely N-dealkylation sites (tertiary alicyclic amines) is 1. The minimum atomic E-state index is -3.42. The summed E-state index contributed by atoms with van der Waals surface area (Å²) in [5.74, 6) is 0. The average molecular weight is 374 g/mol. The maximum Gasteiger partial charge on any atom is 0.243 e. The Hall–Kier alpha value is -0.630. The van der Waals surface area contributed by atoms with Gasteiger partial charge in [-0.1, -0.05) is 0 Å². The highest BCUT2D eigenvalue weighted by Gasteiger charge is 2.35. The molecule has 116 valence electrons. The van der Waals surface area contributed by atoms with E-state index in [1.165, 1.54) is 12.8 Å². The lowest BCUT2D eigenvalue weighted by Crippen LogP contribution is -2.37. The summed E-state index contributed by atoms with van der Waals surface area (Å²) in [6.07, 6.45) is 3.39. The van der Waals surface area contributed by atoms with Gasteiger partial charge in [0, 0.05) is 29.3 Å². The van der Waals surface area contributed by atoms with E-state index in [-0.39, 0.29) is 0 Å². The maximum atomic E-state index is 12.7. The highest BCUT2D eigenvalue weighted by atomic mass is 79.9. The molecule has 0 aromatic heterocycles. The van der Waals surface area contributed by atoms with Crippen LogP contribution in [0.15, 0.2) is 27.6 Å². The lowest BCUT2D eigenvalue weighted by Gasteiger charge is -2.23. The van der Waals surface area contributed by atoms with E-state index >= 15 is 0 Å². The van der Waals surface area contributed by atoms with Crippen LogP contribution in [0, 0.1) is 0 Å². The minimum absolute atomic E-state index is 0.311. The number of rotatable bonds is 3. The SMILES string of the molecule is Nc1ccc(S(=O)(=O)N2CCC(N3CCCC3)C2)cc1Br. The topological polar surface area (TPSA) is 66.6 Å². The highest BCUT2D eigenvalue weighted by molar-refractivity contribution is 9.10. The number of nitrogen functional groups attached to an aromatic ring is 1. The number of anilines is 1. The highest BCUT2D eigenvalue weighted by Crippen LogP contribution is 2.28. The number of benzene rings is 1. The largest absolute Gasteiger partial charge is 0.398 e. The zero-order chi connectivity index (χ0) is 15.0. The fourth-order valence-electron chi connectivity index (χ4n) is 3.15. The number of nitrogens with two attached hydrogens (primary N) is 1. The van der Waals surface area contributed by atoms with Gasteiger partial charge in [0.05, 0.1) is 4.90 Å². The van der Waals surface area contributed by atoms with E-state index in [0.717, 1.165) is 19.5 Å². The van der Waals surface area contributed by atoms with Gasteiger partial charge in [0.1, 0.15) is 0 Å². The molecular formula is C14H20BrN3O2S. The Bertz CT molecular complexity index is 629. The molecule has 1 aromatic carbocycles. The Morgan fingerprint density at radius 3 is 2.57 bits per heavy atom. The Kier molecular flexibility index (Phi) is 4.27. The fraction of sp³-hybridized carbons (Fsp3) is 0.571. The second-order valence-electron chi connectivity index (χ2n) is 5.73. The molecule has 5 nitrogen and oxygen atoms in total. The van der Waals surface area contributed by atoms with Crippen LogP contribution in [0.5, 0.6) is 0 Å². The Morgan fingerprint density at radius 1 is 1.19 bits per heavy atom. The van der Waals surface area contributed by atoms with E-state index < -0.39 is 10.0 Å². The molecule has 1 unspecified atom stereocenters. The van der Waals surface area contributed by atoms with Crippen molar-refractivity contribution in [2.45, 2.75) is 30.2 Å². The Morgan fingerprint density at radius 2 is 1.90 bits per heavy atom. The molecule has 1 aromatic rings. The van der Waals surface area contributed by atoms with Crippen LogP contribution in [0.1, 0.15) is 19.3 Å². The minimum Gasteiger partial charge on any atom is -0.398 e. The van der Waals surface area contributed by atoms with Gasteiger partial charge in [-0.05, 0) is 66.5 Å². The number of hydrogen-bond acceptors (Lipinski definition) is 4. The summed E-state index contributed by atoms with van der Waals surface area (Å²) >= 11 is 3.30. The molecule has 21 heavy (non-hydrogen) atoms. The predicted octanol–water partition coefficient (Wildman–Crippen LogP) is 1.89. The maximum absolute atomic E-state index is 12.7. The van der Waals surface area contributed by atoms with Gasteiger partial charge < -0.3 is 5.73 Å². The van der Waals surface area contributed by atoms with Crippen molar-refractivity contribution >= 4 is 31.6 Å². The third kappa shape index (κ3) is 2.97. The van der Waals surface area contributed by atoms with E-state index in [9.17, 15) is 8.42 Å². The lowest BCUT2D eigenvalue weighted by molar-refractivity contribution is 0.251. The molecule has 3 rings (SSSR count). The summed E-state index contributed by atoms with van der Waals surface area (Å²) in [6.45, 7) is 3.41. The summed E-state index contributed by atoms with van der Waals surface area (Å²) in [5, 5.41) is 0. The number of nitrogens with zero attached hydrogens (tertiary/aromatic N) is 2. The monoisotopic (exact) mass is 373 g/mol. The molecule has 2 heterocycles. The molecular weight excluding hydrogens is 354 g/mol. The first kappa shape index (κ1) is 15.3. The molecule has 0 amide bonds. The molecule has 0 saturated carbocycles. The second kappa shape index (κ2) is 5.87. The van der Waals surface area contributed by atoms with Crippen LogP contribution in [-0.2, 0) is 10.0 Å². The Labute approximate surface area is 134 Å². The first-order chi connectivity index (χ1) is 9.98. The van der Waals surface area contributed by atoms with Crippen LogP contribution < -0.4 is 5.73 Å². The van der Waals surface area contributed by atoms with E-state index in [1.807, 2.05) is 0 Å². The van der Waals surface area contributed by atoms with E-state index in [2.05, 4.69) is 20.8 Å². The molecule has 1 atom stereocenters. The normalized spacial score (nSPS) is 24.7. The molecule has 0 aliphatic carbocycles. The lowest BCUT2D eigenvalue weighted by atomic mass is 10.2. The average Bonchev–Trinajstić information content (AvgIpc) is 3.11. The van der Waals surface area contributed by atoms with Crippen LogP contribution in [0.25, 0.3) is 0 Å². The van der Waals surface area contributed by atoms with E-state index in [0.29, 0.717) is 34.2 Å². The van der Waals surface area contributed by atoms with Gasteiger partial charge in [0.2, 0.25) is 10.0 Å². The molecule has 2 aliphatic heterocycles. The van der Waals surface area contributed by atoms with Gasteiger partial charge in [-0.2, -0.15) is 4.31 Å². The number of halogens is 1. The van der Waals surface area contributed by atoms with E-state index in [4.69, 9.17) is 5.73 Å². The van der Waals surface area contributed by atoms with Crippen LogP contribution in [0.4, 0.5) is 5.69 Å². The van der Waals surface area contributed by atoms with Crippen LogP contribution in [0.2, 0.25) is 0 Å². The number of hydrogen-bond donors (Lipinski definition) is 1. The standard InChI is InChI=1S/C14H20BrN3O2S/c15-13-9-12(3-4-14(13)16)21(19,20)18-8-5-11(10-18)17-6-1-2-7-17/h3-4,9,11H,1-2,5-8,10,16H2. The smallest absolute Gasteiger partial charge is 0.243 e. The number of sulfonamides is 1. The molecule has 0 bridgehead atoms. The summed E-state index contributed by atoms with van der Waals surface area (Å²) in [6, 6.07) is 5.18. The third-order valence-electron chi connectivity index (χ3n) is 4.39. The van der Waals surface area contributed by atoms with E-state index in [1.54, 1.807) is 22.5 Å². The quantitative estimate of drug-likeness (QED) is 0.821. The molecule has 7 heteroatoms. The first-order valence-corrected chi connectivity index (χ1v) is 9.51. The van der Waals surface area contributed by atoms with Crippen LogP contribution in [0.3, 0.4) is 0 Å². The van der Waals surface area contributed by atoms with Gasteiger partial charge in [-0.25, -0.2) is 8.42 Å². The summed E-state index contributed by atoms with van der Waals surface area (Å²) in [5.41, 5.74) is 6.27. The van der Waals surface area contributed by atoms with Gasteiger partial charge in [0.15, 0.2) is 0 Å².